The Bertz CT molecular complexity index is 523. The Kier molecular flexibility index (Phi) is 4.93. The van der Waals surface area contributed by atoms with E-state index in [2.05, 4.69) is 31.3 Å². The molecule has 11 heteroatoms. The Morgan fingerprint density at radius 1 is 1.68 bits per heavy atom. The molecule has 2 aliphatic heterocycles. The van der Waals surface area contributed by atoms with Crippen LogP contribution in [-0.2, 0) is 14.3 Å². The summed E-state index contributed by atoms with van der Waals surface area (Å²) in [5.74, 6) is -0.524. The van der Waals surface area contributed by atoms with E-state index in [0.29, 0.717) is 0 Å². The number of azide groups is 1. The van der Waals surface area contributed by atoms with Crippen LogP contribution in [0.5, 0.6) is 0 Å². The van der Waals surface area contributed by atoms with Gasteiger partial charge in [-0.2, -0.15) is 0 Å². The van der Waals surface area contributed by atoms with Gasteiger partial charge in [0.2, 0.25) is 5.91 Å². The molecule has 5 atom stereocenters. The molecule has 2 saturated heterocycles. The second-order valence-electron chi connectivity index (χ2n) is 5.15. The van der Waals surface area contributed by atoms with Gasteiger partial charge in [0.05, 0.1) is 18.8 Å². The van der Waals surface area contributed by atoms with Crippen LogP contribution in [0, 0.1) is 0 Å². The lowest BCUT2D eigenvalue weighted by molar-refractivity contribution is -0.153. The van der Waals surface area contributed by atoms with Crippen molar-refractivity contribution in [2.24, 2.45) is 5.11 Å². The van der Waals surface area contributed by atoms with Crippen LogP contribution in [0.3, 0.4) is 0 Å². The normalized spacial score (nSPS) is 38.6. The maximum atomic E-state index is 12.2. The number of carbonyl (C=O) groups is 2. The van der Waals surface area contributed by atoms with E-state index in [4.69, 9.17) is 15.0 Å². The van der Waals surface area contributed by atoms with Crippen LogP contribution < -0.4 is 5.32 Å². The summed E-state index contributed by atoms with van der Waals surface area (Å²) < 4.78 is 9.71. The predicted octanol–water partition coefficient (Wildman–Crippen LogP) is 0.451. The minimum absolute atomic E-state index is 0.194. The van der Waals surface area contributed by atoms with Crippen LogP contribution >= 0.6 is 15.9 Å². The zero-order chi connectivity index (χ0) is 16.5. The number of nitrogens with zero attached hydrogens (tertiary/aromatic N) is 4. The van der Waals surface area contributed by atoms with Gasteiger partial charge in [0, 0.05) is 18.4 Å². The van der Waals surface area contributed by atoms with Gasteiger partial charge in [-0.3, -0.25) is 15.0 Å². The number of ether oxygens (including phenoxy) is 2. The summed E-state index contributed by atoms with van der Waals surface area (Å²) in [6.45, 7) is 1.22. The smallest absolute Gasteiger partial charge is 0.328 e. The van der Waals surface area contributed by atoms with Gasteiger partial charge in [-0.25, -0.2) is 4.79 Å². The van der Waals surface area contributed by atoms with Crippen molar-refractivity contribution in [3.63, 3.8) is 0 Å². The van der Waals surface area contributed by atoms with Crippen LogP contribution in [-0.4, -0.2) is 64.6 Å². The second-order valence-corrected chi connectivity index (χ2v) is 6.80. The number of halogens is 1. The zero-order valence-electron chi connectivity index (χ0n) is 12.0. The maximum Gasteiger partial charge on any atom is 0.328 e. The van der Waals surface area contributed by atoms with Crippen molar-refractivity contribution < 1.29 is 24.2 Å². The van der Waals surface area contributed by atoms with Gasteiger partial charge in [0.15, 0.2) is 6.23 Å². The van der Waals surface area contributed by atoms with Crippen LogP contribution in [0.4, 0.5) is 4.79 Å². The number of amides is 3. The Labute approximate surface area is 134 Å². The van der Waals surface area contributed by atoms with Crippen molar-refractivity contribution in [1.82, 2.24) is 10.2 Å². The molecule has 2 heterocycles. The molecular weight excluding hydrogens is 362 g/mol. The van der Waals surface area contributed by atoms with E-state index < -0.39 is 40.9 Å². The van der Waals surface area contributed by atoms with Crippen molar-refractivity contribution in [3.05, 3.63) is 10.4 Å². The third-order valence-electron chi connectivity index (χ3n) is 3.73. The third-order valence-corrected chi connectivity index (χ3v) is 4.48. The third kappa shape index (κ3) is 2.77. The number of hydrogen-bond donors (Lipinski definition) is 2. The lowest BCUT2D eigenvalue weighted by atomic mass is 10.0. The fraction of sp³-hybridized carbons (Fsp3) is 0.818. The van der Waals surface area contributed by atoms with E-state index in [-0.39, 0.29) is 13.0 Å². The Hall–Kier alpha value is -1.39. The van der Waals surface area contributed by atoms with Gasteiger partial charge in [-0.05, 0) is 12.5 Å². The minimum atomic E-state index is -1.16. The average molecular weight is 378 g/mol. The van der Waals surface area contributed by atoms with Crippen LogP contribution in [0.2, 0.25) is 0 Å². The van der Waals surface area contributed by atoms with E-state index in [1.807, 2.05) is 0 Å². The molecule has 122 valence electrons. The van der Waals surface area contributed by atoms with Gasteiger partial charge in [0.25, 0.3) is 0 Å². The lowest BCUT2D eigenvalue weighted by Crippen LogP contribution is -2.69. The molecule has 1 unspecified atom stereocenters. The number of carbonyl (C=O) groups excluding carboxylic acids is 2. The van der Waals surface area contributed by atoms with E-state index in [1.54, 1.807) is 6.92 Å². The molecule has 0 aromatic heterocycles. The van der Waals surface area contributed by atoms with Crippen LogP contribution in [0.15, 0.2) is 5.11 Å². The summed E-state index contributed by atoms with van der Waals surface area (Å²) in [4.78, 5) is 28.0. The summed E-state index contributed by atoms with van der Waals surface area (Å²) in [5.41, 5.74) is 8.56. The van der Waals surface area contributed by atoms with Crippen molar-refractivity contribution >= 4 is 27.9 Å². The molecule has 0 aromatic rings. The van der Waals surface area contributed by atoms with Gasteiger partial charge in [0.1, 0.15) is 10.6 Å². The topological polar surface area (TPSA) is 137 Å². The van der Waals surface area contributed by atoms with E-state index in [1.165, 1.54) is 12.0 Å². The predicted molar refractivity (Wildman–Crippen MR) is 76.8 cm³/mol. The molecule has 10 nitrogen and oxygen atoms in total. The molecule has 0 aromatic carbocycles. The number of aliphatic hydroxyl groups is 1. The summed E-state index contributed by atoms with van der Waals surface area (Å²) in [6, 6.07) is -1.28. The molecule has 0 saturated carbocycles. The fourth-order valence-electron chi connectivity index (χ4n) is 2.62. The summed E-state index contributed by atoms with van der Waals surface area (Å²) in [6.07, 6.45) is -2.23. The fourth-order valence-corrected chi connectivity index (χ4v) is 3.13. The molecule has 0 aliphatic carbocycles. The number of methoxy groups -OCH3 is 1. The first kappa shape index (κ1) is 17.0. The summed E-state index contributed by atoms with van der Waals surface area (Å²) in [7, 11) is 1.37. The molecule has 2 N–H and O–H groups in total. The number of imide groups is 1. The van der Waals surface area contributed by atoms with Crippen molar-refractivity contribution in [2.45, 2.75) is 42.3 Å². The number of rotatable bonds is 4. The molecule has 2 aliphatic rings. The molecular formula is C11H16BrN5O5. The number of alkyl halides is 1. The van der Waals surface area contributed by atoms with Gasteiger partial charge in [-0.1, -0.05) is 21.0 Å². The molecule has 0 radical (unpaired) electrons. The van der Waals surface area contributed by atoms with Gasteiger partial charge < -0.3 is 14.6 Å². The minimum Gasteiger partial charge on any atom is -0.394 e. The standard InChI is InChI=1S/C11H16BrN5O5/c1-11(12)8(19)14-10(20)17(9(11)21-2)7-3-5(15-16-13)6(4-18)22-7/h5-7,9,18H,3-4H2,1-2H3,(H,14,19,20)/t5?,6-,7-,9+,11-/m1/s1. The molecule has 3 amide bonds. The highest BCUT2D eigenvalue weighted by molar-refractivity contribution is 9.10. The lowest BCUT2D eigenvalue weighted by Gasteiger charge is -2.44. The van der Waals surface area contributed by atoms with Gasteiger partial charge >= 0.3 is 6.03 Å². The first-order valence-corrected chi connectivity index (χ1v) is 7.32. The van der Waals surface area contributed by atoms with Crippen molar-refractivity contribution in [1.29, 1.82) is 0 Å². The average Bonchev–Trinajstić information content (AvgIpc) is 2.85. The first-order chi connectivity index (χ1) is 10.4. The maximum absolute atomic E-state index is 12.2. The highest BCUT2D eigenvalue weighted by Gasteiger charge is 2.54. The first-order valence-electron chi connectivity index (χ1n) is 6.52. The molecule has 2 rings (SSSR count). The van der Waals surface area contributed by atoms with E-state index in [0.717, 1.165) is 0 Å². The second kappa shape index (κ2) is 6.39. The SMILES string of the molecule is CO[C@@H]1N([C@H]2CC(N=[N+]=[N-])[C@@H](CO)O2)C(=O)NC(=O)[C@@]1(C)Br. The quantitative estimate of drug-likeness (QED) is 0.317. The number of nitrogens with one attached hydrogen (secondary N) is 1. The highest BCUT2D eigenvalue weighted by atomic mass is 79.9. The summed E-state index contributed by atoms with van der Waals surface area (Å²) >= 11 is 3.26. The summed E-state index contributed by atoms with van der Waals surface area (Å²) in [5, 5.41) is 15.1. The Morgan fingerprint density at radius 2 is 2.36 bits per heavy atom. The Balaban J connectivity index is 2.28. The molecule has 0 bridgehead atoms. The largest absolute Gasteiger partial charge is 0.394 e. The highest BCUT2D eigenvalue weighted by Crippen LogP contribution is 2.35. The molecule has 22 heavy (non-hydrogen) atoms. The van der Waals surface area contributed by atoms with Crippen LogP contribution in [0.25, 0.3) is 10.4 Å². The zero-order valence-corrected chi connectivity index (χ0v) is 13.6. The van der Waals surface area contributed by atoms with Crippen molar-refractivity contribution in [2.75, 3.05) is 13.7 Å². The number of aliphatic hydroxyl groups excluding tert-OH is 1. The van der Waals surface area contributed by atoms with Crippen LogP contribution in [0.1, 0.15) is 13.3 Å². The van der Waals surface area contributed by atoms with E-state index in [9.17, 15) is 14.7 Å². The van der Waals surface area contributed by atoms with E-state index >= 15 is 0 Å². The van der Waals surface area contributed by atoms with Crippen molar-refractivity contribution in [3.8, 4) is 0 Å². The Morgan fingerprint density at radius 3 is 2.91 bits per heavy atom. The van der Waals surface area contributed by atoms with Gasteiger partial charge in [-0.15, -0.1) is 0 Å². The number of urea groups is 1. The monoisotopic (exact) mass is 377 g/mol. The molecule has 0 spiro atoms. The number of hydrogen-bond acceptors (Lipinski definition) is 6. The molecule has 2 fully saturated rings.